The summed E-state index contributed by atoms with van der Waals surface area (Å²) in [5.41, 5.74) is 1.37. The van der Waals surface area contributed by atoms with Crippen molar-refractivity contribution in [2.75, 3.05) is 6.54 Å². The minimum atomic E-state index is -3.84. The summed E-state index contributed by atoms with van der Waals surface area (Å²) in [6, 6.07) is 13.4. The van der Waals surface area contributed by atoms with Crippen LogP contribution >= 0.6 is 0 Å². The maximum absolute atomic E-state index is 12.7. The third-order valence-corrected chi connectivity index (χ3v) is 5.77. The summed E-state index contributed by atoms with van der Waals surface area (Å²) in [5.74, 6) is -1.16. The highest BCUT2D eigenvalue weighted by Crippen LogP contribution is 2.18. The Bertz CT molecular complexity index is 958. The van der Waals surface area contributed by atoms with Gasteiger partial charge in [0.25, 0.3) is 5.91 Å². The van der Waals surface area contributed by atoms with Crippen LogP contribution in [0.3, 0.4) is 0 Å². The van der Waals surface area contributed by atoms with Crippen molar-refractivity contribution in [1.29, 1.82) is 0 Å². The van der Waals surface area contributed by atoms with Crippen molar-refractivity contribution >= 4 is 21.9 Å². The second kappa shape index (κ2) is 10.2. The molecule has 1 atom stereocenters. The summed E-state index contributed by atoms with van der Waals surface area (Å²) in [7, 11) is -3.84. The van der Waals surface area contributed by atoms with Gasteiger partial charge in [-0.1, -0.05) is 43.3 Å². The lowest BCUT2D eigenvalue weighted by Crippen LogP contribution is -2.36. The van der Waals surface area contributed by atoms with Crippen molar-refractivity contribution in [2.24, 2.45) is 0 Å². The Labute approximate surface area is 171 Å². The first-order chi connectivity index (χ1) is 13.7. The Kier molecular flexibility index (Phi) is 7.92. The smallest absolute Gasteiger partial charge is 0.338 e. The summed E-state index contributed by atoms with van der Waals surface area (Å²) >= 11 is 0. The monoisotopic (exact) mass is 418 g/mol. The number of aryl methyl sites for hydroxylation is 1. The van der Waals surface area contributed by atoms with Gasteiger partial charge >= 0.3 is 5.97 Å². The number of sulfonamides is 1. The second-order valence-corrected chi connectivity index (χ2v) is 8.36. The van der Waals surface area contributed by atoms with Crippen LogP contribution in [0, 0.1) is 6.92 Å². The third-order valence-electron chi connectivity index (χ3n) is 4.22. The van der Waals surface area contributed by atoms with Gasteiger partial charge in [0, 0.05) is 13.1 Å². The summed E-state index contributed by atoms with van der Waals surface area (Å²) < 4.78 is 33.1. The predicted molar refractivity (Wildman–Crippen MR) is 110 cm³/mol. The van der Waals surface area contributed by atoms with E-state index in [0.29, 0.717) is 12.1 Å². The lowest BCUT2D eigenvalue weighted by molar-refractivity contribution is -0.129. The number of hydrogen-bond donors (Lipinski definition) is 2. The third kappa shape index (κ3) is 6.40. The van der Waals surface area contributed by atoms with Crippen molar-refractivity contribution in [3.63, 3.8) is 0 Å². The Hall–Kier alpha value is -2.71. The molecule has 0 fully saturated rings. The zero-order valence-corrected chi connectivity index (χ0v) is 17.6. The lowest BCUT2D eigenvalue weighted by Gasteiger charge is -2.14. The molecule has 2 rings (SSSR count). The molecular formula is C21H26N2O5S. The number of carbonyl (C=O) groups excluding carboxylic acids is 2. The molecule has 1 amide bonds. The van der Waals surface area contributed by atoms with Crippen molar-refractivity contribution < 1.29 is 22.7 Å². The van der Waals surface area contributed by atoms with E-state index in [1.165, 1.54) is 25.1 Å². The molecule has 0 unspecified atom stereocenters. The minimum absolute atomic E-state index is 0.00836. The highest BCUT2D eigenvalue weighted by atomic mass is 32.2. The van der Waals surface area contributed by atoms with E-state index in [9.17, 15) is 18.0 Å². The Morgan fingerprint density at radius 1 is 1.10 bits per heavy atom. The first-order valence-electron chi connectivity index (χ1n) is 9.37. The van der Waals surface area contributed by atoms with Crippen LogP contribution in [0.5, 0.6) is 0 Å². The first kappa shape index (κ1) is 22.6. The maximum Gasteiger partial charge on any atom is 0.338 e. The van der Waals surface area contributed by atoms with Crippen LogP contribution in [0.4, 0.5) is 0 Å². The van der Waals surface area contributed by atoms with Crippen molar-refractivity contribution in [2.45, 2.75) is 44.7 Å². The summed E-state index contributed by atoms with van der Waals surface area (Å²) in [6.45, 7) is 5.65. The number of nitrogens with one attached hydrogen (secondary N) is 2. The van der Waals surface area contributed by atoms with E-state index in [0.717, 1.165) is 12.0 Å². The fourth-order valence-electron chi connectivity index (χ4n) is 2.54. The number of amides is 1. The molecule has 7 nitrogen and oxygen atoms in total. The molecule has 0 bridgehead atoms. The van der Waals surface area contributed by atoms with Crippen LogP contribution in [0.25, 0.3) is 0 Å². The lowest BCUT2D eigenvalue weighted by atomic mass is 10.1. The SMILES string of the molecule is CCCNC(=O)[C@@H](C)OC(=O)c1ccc(C)c(S(=O)(=O)NCc2ccccc2)c1. The van der Waals surface area contributed by atoms with Gasteiger partial charge in [-0.25, -0.2) is 17.9 Å². The van der Waals surface area contributed by atoms with Crippen LogP contribution in [-0.2, 0) is 26.1 Å². The molecule has 0 heterocycles. The van der Waals surface area contributed by atoms with Gasteiger partial charge in [-0.15, -0.1) is 0 Å². The number of carbonyl (C=O) groups is 2. The normalized spacial score (nSPS) is 12.2. The molecule has 2 N–H and O–H groups in total. The Balaban J connectivity index is 2.13. The van der Waals surface area contributed by atoms with Crippen LogP contribution in [-0.4, -0.2) is 32.9 Å². The molecule has 8 heteroatoms. The first-order valence-corrected chi connectivity index (χ1v) is 10.9. The number of benzene rings is 2. The molecule has 0 saturated carbocycles. The highest BCUT2D eigenvalue weighted by Gasteiger charge is 2.22. The average Bonchev–Trinajstić information content (AvgIpc) is 2.71. The zero-order valence-electron chi connectivity index (χ0n) is 16.8. The quantitative estimate of drug-likeness (QED) is 0.610. The van der Waals surface area contributed by atoms with E-state index < -0.39 is 28.0 Å². The largest absolute Gasteiger partial charge is 0.449 e. The van der Waals surface area contributed by atoms with Crippen LogP contribution in [0.1, 0.15) is 41.8 Å². The van der Waals surface area contributed by atoms with Gasteiger partial charge in [-0.3, -0.25) is 4.79 Å². The standard InChI is InChI=1S/C21H26N2O5S/c1-4-12-22-20(24)16(3)28-21(25)18-11-10-15(2)19(13-18)29(26,27)23-14-17-8-6-5-7-9-17/h5-11,13,16,23H,4,12,14H2,1-3H3,(H,22,24)/t16-/m1/s1. The number of hydrogen-bond acceptors (Lipinski definition) is 5. The minimum Gasteiger partial charge on any atom is -0.449 e. The predicted octanol–water partition coefficient (Wildman–Crippen LogP) is 2.55. The molecule has 0 aliphatic rings. The molecule has 2 aromatic rings. The van der Waals surface area contributed by atoms with E-state index in [-0.39, 0.29) is 17.0 Å². The van der Waals surface area contributed by atoms with Gasteiger partial charge in [0.15, 0.2) is 6.10 Å². The molecule has 156 valence electrons. The highest BCUT2D eigenvalue weighted by molar-refractivity contribution is 7.89. The molecule has 0 radical (unpaired) electrons. The topological polar surface area (TPSA) is 102 Å². The molecule has 0 aliphatic carbocycles. The van der Waals surface area contributed by atoms with Gasteiger partial charge in [0.1, 0.15) is 0 Å². The van der Waals surface area contributed by atoms with Crippen molar-refractivity contribution in [3.8, 4) is 0 Å². The van der Waals surface area contributed by atoms with Gasteiger partial charge in [-0.05, 0) is 43.5 Å². The fourth-order valence-corrected chi connectivity index (χ4v) is 3.83. The van der Waals surface area contributed by atoms with E-state index in [1.807, 2.05) is 37.3 Å². The van der Waals surface area contributed by atoms with Crippen molar-refractivity contribution in [3.05, 3.63) is 65.2 Å². The van der Waals surface area contributed by atoms with Crippen LogP contribution < -0.4 is 10.0 Å². The molecule has 0 aliphatic heterocycles. The average molecular weight is 419 g/mol. The Morgan fingerprint density at radius 2 is 1.79 bits per heavy atom. The van der Waals surface area contributed by atoms with Gasteiger partial charge in [0.2, 0.25) is 10.0 Å². The number of esters is 1. The summed E-state index contributed by atoms with van der Waals surface area (Å²) in [5, 5.41) is 2.64. The summed E-state index contributed by atoms with van der Waals surface area (Å²) in [4.78, 5) is 24.3. The van der Waals surface area contributed by atoms with E-state index in [1.54, 1.807) is 6.92 Å². The molecule has 2 aromatic carbocycles. The van der Waals surface area contributed by atoms with Gasteiger partial charge < -0.3 is 10.1 Å². The van der Waals surface area contributed by atoms with Crippen molar-refractivity contribution in [1.82, 2.24) is 10.0 Å². The van der Waals surface area contributed by atoms with Gasteiger partial charge in [0.05, 0.1) is 10.5 Å². The molecule has 0 spiro atoms. The molecule has 29 heavy (non-hydrogen) atoms. The molecular weight excluding hydrogens is 392 g/mol. The Morgan fingerprint density at radius 3 is 2.45 bits per heavy atom. The molecule has 0 saturated heterocycles. The summed E-state index contributed by atoms with van der Waals surface area (Å²) in [6.07, 6.45) is -0.215. The van der Waals surface area contributed by atoms with Crippen LogP contribution in [0.2, 0.25) is 0 Å². The molecule has 0 aromatic heterocycles. The van der Waals surface area contributed by atoms with E-state index in [4.69, 9.17) is 4.74 Å². The second-order valence-electron chi connectivity index (χ2n) is 6.63. The zero-order chi connectivity index (χ0) is 21.4. The number of ether oxygens (including phenoxy) is 1. The van der Waals surface area contributed by atoms with E-state index >= 15 is 0 Å². The fraction of sp³-hybridized carbons (Fsp3) is 0.333. The van der Waals surface area contributed by atoms with Crippen LogP contribution in [0.15, 0.2) is 53.4 Å². The van der Waals surface area contributed by atoms with E-state index in [2.05, 4.69) is 10.0 Å². The maximum atomic E-state index is 12.7. The number of rotatable bonds is 9. The van der Waals surface area contributed by atoms with Gasteiger partial charge in [-0.2, -0.15) is 0 Å².